The molecule has 1 aromatic carbocycles. The van der Waals surface area contributed by atoms with Crippen LogP contribution >= 0.6 is 0 Å². The molecule has 0 saturated carbocycles. The van der Waals surface area contributed by atoms with Crippen LogP contribution in [0.1, 0.15) is 12.5 Å². The Kier molecular flexibility index (Phi) is 6.02. The van der Waals surface area contributed by atoms with Crippen LogP contribution in [0.25, 0.3) is 0 Å². The molecule has 0 heterocycles. The summed E-state index contributed by atoms with van der Waals surface area (Å²) in [5.41, 5.74) is 1.85. The second kappa shape index (κ2) is 7.53. The molecule has 1 aromatic rings. The van der Waals surface area contributed by atoms with E-state index in [0.29, 0.717) is 6.54 Å². The highest BCUT2D eigenvalue weighted by Crippen LogP contribution is 2.09. The van der Waals surface area contributed by atoms with E-state index in [4.69, 9.17) is 0 Å². The number of nitrogens with zero attached hydrogens (tertiary/aromatic N) is 1. The molecule has 0 spiro atoms. The second-order valence-electron chi connectivity index (χ2n) is 4.30. The Morgan fingerprint density at radius 3 is 2.63 bits per heavy atom. The van der Waals surface area contributed by atoms with Crippen molar-refractivity contribution in [1.82, 2.24) is 4.90 Å². The molecule has 0 aliphatic heterocycles. The lowest BCUT2D eigenvalue weighted by molar-refractivity contribution is -0.142. The van der Waals surface area contributed by atoms with Crippen LogP contribution in [-0.4, -0.2) is 43.5 Å². The van der Waals surface area contributed by atoms with Gasteiger partial charge in [-0.05, 0) is 31.2 Å². The fourth-order valence-corrected chi connectivity index (χ4v) is 1.65. The van der Waals surface area contributed by atoms with E-state index < -0.39 is 0 Å². The second-order valence-corrected chi connectivity index (χ2v) is 4.30. The number of amides is 1. The molecule has 0 bridgehead atoms. The van der Waals surface area contributed by atoms with Gasteiger partial charge in [0.05, 0.1) is 20.2 Å². The number of ether oxygens (including phenoxy) is 1. The number of hydrogen-bond acceptors (Lipinski definition) is 4. The Morgan fingerprint density at radius 1 is 1.32 bits per heavy atom. The predicted molar refractivity (Wildman–Crippen MR) is 73.9 cm³/mol. The van der Waals surface area contributed by atoms with Gasteiger partial charge in [-0.1, -0.05) is 19.1 Å². The minimum absolute atomic E-state index is 0.119. The summed E-state index contributed by atoms with van der Waals surface area (Å²) in [5.74, 6) is -0.485. The van der Waals surface area contributed by atoms with E-state index in [1.54, 1.807) is 4.90 Å². The molecule has 5 heteroatoms. The summed E-state index contributed by atoms with van der Waals surface area (Å²) in [6, 6.07) is 7.58. The zero-order valence-corrected chi connectivity index (χ0v) is 11.6. The number of likely N-dealkylation sites (N-methyl/N-ethyl adjacent to an activating group) is 1. The van der Waals surface area contributed by atoms with Crippen molar-refractivity contribution in [3.05, 3.63) is 29.8 Å². The molecule has 104 valence electrons. The molecule has 0 radical (unpaired) electrons. The summed E-state index contributed by atoms with van der Waals surface area (Å²) in [6.07, 6.45) is 0. The number of methoxy groups -OCH3 is 1. The molecule has 5 nitrogen and oxygen atoms in total. The summed E-state index contributed by atoms with van der Waals surface area (Å²) in [6.45, 7) is 4.75. The minimum atomic E-state index is -0.342. The number of anilines is 1. The maximum atomic E-state index is 11.9. The highest BCUT2D eigenvalue weighted by atomic mass is 16.5. The number of esters is 1. The first kappa shape index (κ1) is 15.2. The molecule has 0 fully saturated rings. The first-order valence-electron chi connectivity index (χ1n) is 6.20. The number of rotatable bonds is 6. The average molecular weight is 264 g/mol. The van der Waals surface area contributed by atoms with E-state index in [1.165, 1.54) is 7.11 Å². The summed E-state index contributed by atoms with van der Waals surface area (Å²) >= 11 is 0. The molecule has 1 N–H and O–H groups in total. The van der Waals surface area contributed by atoms with Crippen molar-refractivity contribution in [1.29, 1.82) is 0 Å². The molecule has 0 aliphatic rings. The normalized spacial score (nSPS) is 10.3. The summed E-state index contributed by atoms with van der Waals surface area (Å²) in [4.78, 5) is 24.7. The number of aryl methyl sites for hydroxylation is 1. The van der Waals surface area contributed by atoms with Gasteiger partial charge in [0, 0.05) is 5.69 Å². The molecule has 0 unspecified atom stereocenters. The Balaban J connectivity index is 2.51. The largest absolute Gasteiger partial charge is 0.468 e. The van der Waals surface area contributed by atoms with Gasteiger partial charge >= 0.3 is 5.97 Å². The lowest BCUT2D eigenvalue weighted by atomic mass is 10.2. The van der Waals surface area contributed by atoms with Crippen molar-refractivity contribution in [2.45, 2.75) is 13.8 Å². The van der Waals surface area contributed by atoms with Crippen LogP contribution in [0.2, 0.25) is 0 Å². The summed E-state index contributed by atoms with van der Waals surface area (Å²) in [7, 11) is 1.34. The van der Waals surface area contributed by atoms with Crippen LogP contribution in [0.5, 0.6) is 0 Å². The number of hydrogen-bond donors (Lipinski definition) is 1. The van der Waals surface area contributed by atoms with Gasteiger partial charge in [-0.3, -0.25) is 14.5 Å². The van der Waals surface area contributed by atoms with E-state index in [-0.39, 0.29) is 25.0 Å². The Labute approximate surface area is 113 Å². The number of carbonyl (C=O) groups is 2. The number of nitrogens with one attached hydrogen (secondary N) is 1. The smallest absolute Gasteiger partial charge is 0.319 e. The van der Waals surface area contributed by atoms with Gasteiger partial charge in [0.1, 0.15) is 0 Å². The van der Waals surface area contributed by atoms with Crippen molar-refractivity contribution < 1.29 is 14.3 Å². The molecular formula is C14H20N2O3. The summed E-state index contributed by atoms with van der Waals surface area (Å²) in [5, 5.41) is 2.81. The van der Waals surface area contributed by atoms with Gasteiger partial charge in [0.2, 0.25) is 5.91 Å². The van der Waals surface area contributed by atoms with Crippen LogP contribution in [-0.2, 0) is 14.3 Å². The molecule has 0 aliphatic carbocycles. The van der Waals surface area contributed by atoms with Crippen molar-refractivity contribution in [3.8, 4) is 0 Å². The standard InChI is InChI=1S/C14H20N2O3/c1-4-16(10-14(18)19-3)9-13(17)15-12-7-5-6-11(2)8-12/h5-8H,4,9-10H2,1-3H3,(H,15,17). The topological polar surface area (TPSA) is 58.6 Å². The van der Waals surface area contributed by atoms with E-state index in [0.717, 1.165) is 11.3 Å². The maximum Gasteiger partial charge on any atom is 0.319 e. The third-order valence-corrected chi connectivity index (χ3v) is 2.70. The lowest BCUT2D eigenvalue weighted by Gasteiger charge is -2.18. The fourth-order valence-electron chi connectivity index (χ4n) is 1.65. The van der Waals surface area contributed by atoms with E-state index in [1.807, 2.05) is 38.1 Å². The van der Waals surface area contributed by atoms with Crippen molar-refractivity contribution in [3.63, 3.8) is 0 Å². The third kappa shape index (κ3) is 5.52. The van der Waals surface area contributed by atoms with E-state index >= 15 is 0 Å². The molecule has 1 rings (SSSR count). The van der Waals surface area contributed by atoms with Gasteiger partial charge in [0.15, 0.2) is 0 Å². The van der Waals surface area contributed by atoms with E-state index in [2.05, 4.69) is 10.1 Å². The molecule has 0 saturated heterocycles. The van der Waals surface area contributed by atoms with Gasteiger partial charge in [-0.2, -0.15) is 0 Å². The van der Waals surface area contributed by atoms with Gasteiger partial charge < -0.3 is 10.1 Å². The monoisotopic (exact) mass is 264 g/mol. The van der Waals surface area contributed by atoms with Crippen LogP contribution in [0, 0.1) is 6.92 Å². The Bertz CT molecular complexity index is 446. The average Bonchev–Trinajstić information content (AvgIpc) is 2.37. The molecule has 0 aromatic heterocycles. The van der Waals surface area contributed by atoms with Crippen LogP contribution in [0.3, 0.4) is 0 Å². The van der Waals surface area contributed by atoms with E-state index in [9.17, 15) is 9.59 Å². The highest BCUT2D eigenvalue weighted by Gasteiger charge is 2.13. The Morgan fingerprint density at radius 2 is 2.05 bits per heavy atom. The maximum absolute atomic E-state index is 11.9. The lowest BCUT2D eigenvalue weighted by Crippen LogP contribution is -2.37. The minimum Gasteiger partial charge on any atom is -0.468 e. The van der Waals surface area contributed by atoms with Gasteiger partial charge in [-0.15, -0.1) is 0 Å². The predicted octanol–water partition coefficient (Wildman–Crippen LogP) is 1.43. The van der Waals surface area contributed by atoms with Crippen molar-refractivity contribution in [2.24, 2.45) is 0 Å². The Hall–Kier alpha value is -1.88. The van der Waals surface area contributed by atoms with Crippen molar-refractivity contribution >= 4 is 17.6 Å². The SMILES string of the molecule is CCN(CC(=O)Nc1cccc(C)c1)CC(=O)OC. The molecule has 1 amide bonds. The molecule has 0 atom stereocenters. The fraction of sp³-hybridized carbons (Fsp3) is 0.429. The van der Waals surface area contributed by atoms with Crippen LogP contribution < -0.4 is 5.32 Å². The first-order valence-corrected chi connectivity index (χ1v) is 6.20. The first-order chi connectivity index (χ1) is 9.05. The van der Waals surface area contributed by atoms with Gasteiger partial charge in [-0.25, -0.2) is 0 Å². The summed E-state index contributed by atoms with van der Waals surface area (Å²) < 4.78 is 4.59. The molecule has 19 heavy (non-hydrogen) atoms. The molecular weight excluding hydrogens is 244 g/mol. The number of carbonyl (C=O) groups excluding carboxylic acids is 2. The van der Waals surface area contributed by atoms with Crippen LogP contribution in [0.15, 0.2) is 24.3 Å². The van der Waals surface area contributed by atoms with Crippen LogP contribution in [0.4, 0.5) is 5.69 Å². The highest BCUT2D eigenvalue weighted by molar-refractivity contribution is 5.92. The quantitative estimate of drug-likeness (QED) is 0.790. The zero-order chi connectivity index (χ0) is 14.3. The van der Waals surface area contributed by atoms with Gasteiger partial charge in [0.25, 0.3) is 0 Å². The van der Waals surface area contributed by atoms with Crippen molar-refractivity contribution in [2.75, 3.05) is 32.1 Å². The zero-order valence-electron chi connectivity index (χ0n) is 11.6. The third-order valence-electron chi connectivity index (χ3n) is 2.70. The number of benzene rings is 1.